The van der Waals surface area contributed by atoms with E-state index in [0.29, 0.717) is 18.2 Å². The van der Waals surface area contributed by atoms with E-state index in [9.17, 15) is 4.79 Å². The Morgan fingerprint density at radius 2 is 1.84 bits per heavy atom. The van der Waals surface area contributed by atoms with Crippen LogP contribution < -0.4 is 5.32 Å². The van der Waals surface area contributed by atoms with Gasteiger partial charge in [-0.25, -0.2) is 4.68 Å². The van der Waals surface area contributed by atoms with Crippen LogP contribution in [0.4, 0.5) is 0 Å². The number of hydrogen-bond acceptors (Lipinski definition) is 2. The van der Waals surface area contributed by atoms with Crippen molar-refractivity contribution in [3.8, 4) is 16.9 Å². The maximum Gasteiger partial charge on any atom is 0.270 e. The molecule has 1 heterocycles. The molecule has 128 valence electrons. The molecule has 0 radical (unpaired) electrons. The van der Waals surface area contributed by atoms with Crippen LogP contribution in [0.25, 0.3) is 16.9 Å². The van der Waals surface area contributed by atoms with Gasteiger partial charge in [0.15, 0.2) is 0 Å². The number of hydrogen-bond donors (Lipinski definition) is 1. The Labute approximate surface area is 148 Å². The summed E-state index contributed by atoms with van der Waals surface area (Å²) < 4.78 is 1.73. The van der Waals surface area contributed by atoms with Crippen molar-refractivity contribution in [1.29, 1.82) is 0 Å². The molecule has 3 aromatic rings. The zero-order valence-corrected chi connectivity index (χ0v) is 14.9. The van der Waals surface area contributed by atoms with E-state index >= 15 is 0 Å². The van der Waals surface area contributed by atoms with Crippen LogP contribution in [0.1, 0.15) is 29.9 Å². The molecule has 1 amide bonds. The maximum absolute atomic E-state index is 12.7. The van der Waals surface area contributed by atoms with Gasteiger partial charge in [0.25, 0.3) is 5.91 Å². The molecular weight excluding hydrogens is 310 g/mol. The third kappa shape index (κ3) is 3.97. The van der Waals surface area contributed by atoms with E-state index in [0.717, 1.165) is 22.5 Å². The zero-order chi connectivity index (χ0) is 17.8. The fraction of sp³-hybridized carbons (Fsp3) is 0.238. The number of nitrogens with zero attached hydrogens (tertiary/aromatic N) is 2. The van der Waals surface area contributed by atoms with Crippen molar-refractivity contribution in [2.75, 3.05) is 6.54 Å². The Kier molecular flexibility index (Phi) is 4.98. The molecule has 4 heteroatoms. The first-order valence-electron chi connectivity index (χ1n) is 8.55. The summed E-state index contributed by atoms with van der Waals surface area (Å²) in [6, 6.07) is 19.8. The lowest BCUT2D eigenvalue weighted by Crippen LogP contribution is -2.29. The van der Waals surface area contributed by atoms with Crippen molar-refractivity contribution in [2.24, 2.45) is 5.92 Å². The molecule has 0 bridgehead atoms. The summed E-state index contributed by atoms with van der Waals surface area (Å²) in [7, 11) is 0. The van der Waals surface area contributed by atoms with Crippen molar-refractivity contribution in [1.82, 2.24) is 15.1 Å². The first-order chi connectivity index (χ1) is 12.0. The standard InChI is InChI=1S/C21H23N3O/c1-15(2)14-22-21(25)20-13-19(17-9-5-4-6-10-17)23-24(20)18-11-7-8-16(3)12-18/h4-13,15H,14H2,1-3H3,(H,22,25). The molecule has 3 rings (SSSR count). The molecule has 0 aliphatic rings. The van der Waals surface area contributed by atoms with Gasteiger partial charge in [-0.2, -0.15) is 5.10 Å². The maximum atomic E-state index is 12.7. The minimum Gasteiger partial charge on any atom is -0.350 e. The number of carbonyl (C=O) groups excluding carboxylic acids is 1. The molecule has 0 aliphatic carbocycles. The van der Waals surface area contributed by atoms with Crippen molar-refractivity contribution in [3.63, 3.8) is 0 Å². The monoisotopic (exact) mass is 333 g/mol. The van der Waals surface area contributed by atoms with Gasteiger partial charge in [0.2, 0.25) is 0 Å². The van der Waals surface area contributed by atoms with Gasteiger partial charge >= 0.3 is 0 Å². The summed E-state index contributed by atoms with van der Waals surface area (Å²) in [5.41, 5.74) is 4.34. The van der Waals surface area contributed by atoms with E-state index < -0.39 is 0 Å². The number of benzene rings is 2. The number of rotatable bonds is 5. The van der Waals surface area contributed by atoms with Gasteiger partial charge in [0.1, 0.15) is 5.69 Å². The molecule has 2 aromatic carbocycles. The SMILES string of the molecule is Cc1cccc(-n2nc(-c3ccccc3)cc2C(=O)NCC(C)C)c1. The Balaban J connectivity index is 2.05. The van der Waals surface area contributed by atoms with Crippen LogP contribution in [0.5, 0.6) is 0 Å². The summed E-state index contributed by atoms with van der Waals surface area (Å²) >= 11 is 0. The fourth-order valence-corrected chi connectivity index (χ4v) is 2.64. The highest BCUT2D eigenvalue weighted by atomic mass is 16.2. The van der Waals surface area contributed by atoms with E-state index in [-0.39, 0.29) is 5.91 Å². The van der Waals surface area contributed by atoms with Gasteiger partial charge in [-0.05, 0) is 36.6 Å². The number of amides is 1. The van der Waals surface area contributed by atoms with Crippen LogP contribution in [-0.2, 0) is 0 Å². The number of aromatic nitrogens is 2. The van der Waals surface area contributed by atoms with Gasteiger partial charge in [-0.1, -0.05) is 56.3 Å². The van der Waals surface area contributed by atoms with Crippen LogP contribution in [0.3, 0.4) is 0 Å². The number of aryl methyl sites for hydroxylation is 1. The highest BCUT2D eigenvalue weighted by Crippen LogP contribution is 2.22. The lowest BCUT2D eigenvalue weighted by Gasteiger charge is -2.10. The van der Waals surface area contributed by atoms with Crippen molar-refractivity contribution >= 4 is 5.91 Å². The zero-order valence-electron chi connectivity index (χ0n) is 14.9. The minimum atomic E-state index is -0.107. The van der Waals surface area contributed by atoms with Crippen LogP contribution in [0, 0.1) is 12.8 Å². The molecule has 0 unspecified atom stereocenters. The molecule has 0 saturated heterocycles. The molecule has 1 N–H and O–H groups in total. The highest BCUT2D eigenvalue weighted by Gasteiger charge is 2.17. The van der Waals surface area contributed by atoms with Crippen molar-refractivity contribution < 1.29 is 4.79 Å². The van der Waals surface area contributed by atoms with Gasteiger partial charge in [-0.3, -0.25) is 4.79 Å². The highest BCUT2D eigenvalue weighted by molar-refractivity contribution is 5.94. The van der Waals surface area contributed by atoms with Crippen LogP contribution in [0.2, 0.25) is 0 Å². The molecular formula is C21H23N3O. The fourth-order valence-electron chi connectivity index (χ4n) is 2.64. The van der Waals surface area contributed by atoms with E-state index in [1.807, 2.05) is 67.6 Å². The smallest absolute Gasteiger partial charge is 0.270 e. The van der Waals surface area contributed by atoms with E-state index in [4.69, 9.17) is 5.10 Å². The molecule has 0 saturated carbocycles. The second-order valence-corrected chi connectivity index (χ2v) is 6.64. The third-order valence-corrected chi connectivity index (χ3v) is 3.93. The lowest BCUT2D eigenvalue weighted by molar-refractivity contribution is 0.0941. The Morgan fingerprint density at radius 3 is 2.52 bits per heavy atom. The largest absolute Gasteiger partial charge is 0.350 e. The summed E-state index contributed by atoms with van der Waals surface area (Å²) in [6.45, 7) is 6.82. The Morgan fingerprint density at radius 1 is 1.08 bits per heavy atom. The normalized spacial score (nSPS) is 10.9. The Bertz CT molecular complexity index is 866. The lowest BCUT2D eigenvalue weighted by atomic mass is 10.1. The quantitative estimate of drug-likeness (QED) is 0.759. The predicted octanol–water partition coefficient (Wildman–Crippen LogP) is 4.23. The van der Waals surface area contributed by atoms with Gasteiger partial charge in [0.05, 0.1) is 11.4 Å². The number of carbonyl (C=O) groups is 1. The summed E-state index contributed by atoms with van der Waals surface area (Å²) in [4.78, 5) is 12.7. The second-order valence-electron chi connectivity index (χ2n) is 6.64. The first kappa shape index (κ1) is 17.0. The van der Waals surface area contributed by atoms with E-state index in [2.05, 4.69) is 19.2 Å². The summed E-state index contributed by atoms with van der Waals surface area (Å²) in [5.74, 6) is 0.290. The minimum absolute atomic E-state index is 0.107. The molecule has 0 atom stereocenters. The summed E-state index contributed by atoms with van der Waals surface area (Å²) in [6.07, 6.45) is 0. The average molecular weight is 333 g/mol. The van der Waals surface area contributed by atoms with Gasteiger partial charge in [-0.15, -0.1) is 0 Å². The first-order valence-corrected chi connectivity index (χ1v) is 8.55. The number of nitrogens with one attached hydrogen (secondary N) is 1. The molecule has 4 nitrogen and oxygen atoms in total. The molecule has 0 fully saturated rings. The molecule has 0 spiro atoms. The topological polar surface area (TPSA) is 46.9 Å². The van der Waals surface area contributed by atoms with E-state index in [1.54, 1.807) is 4.68 Å². The summed E-state index contributed by atoms with van der Waals surface area (Å²) in [5, 5.41) is 7.68. The van der Waals surface area contributed by atoms with Gasteiger partial charge < -0.3 is 5.32 Å². The van der Waals surface area contributed by atoms with Crippen molar-refractivity contribution in [2.45, 2.75) is 20.8 Å². The average Bonchev–Trinajstić information content (AvgIpc) is 3.06. The van der Waals surface area contributed by atoms with Crippen LogP contribution in [-0.4, -0.2) is 22.2 Å². The molecule has 0 aliphatic heterocycles. The molecule has 1 aromatic heterocycles. The van der Waals surface area contributed by atoms with E-state index in [1.165, 1.54) is 0 Å². The van der Waals surface area contributed by atoms with Crippen LogP contribution >= 0.6 is 0 Å². The van der Waals surface area contributed by atoms with Crippen molar-refractivity contribution in [3.05, 3.63) is 71.9 Å². The molecule has 25 heavy (non-hydrogen) atoms. The Hall–Kier alpha value is -2.88. The van der Waals surface area contributed by atoms with Gasteiger partial charge in [0, 0.05) is 12.1 Å². The second kappa shape index (κ2) is 7.34. The predicted molar refractivity (Wildman–Crippen MR) is 101 cm³/mol. The van der Waals surface area contributed by atoms with Crippen LogP contribution in [0.15, 0.2) is 60.7 Å². The third-order valence-electron chi connectivity index (χ3n) is 3.93.